The van der Waals surface area contributed by atoms with Gasteiger partial charge in [0.05, 0.1) is 18.8 Å². The zero-order valence-corrected chi connectivity index (χ0v) is 16.7. The monoisotopic (exact) mass is 424 g/mol. The van der Waals surface area contributed by atoms with Gasteiger partial charge >= 0.3 is 5.97 Å². The molecule has 0 spiro atoms. The van der Waals surface area contributed by atoms with Crippen molar-refractivity contribution >= 4 is 23.7 Å². The lowest BCUT2D eigenvalue weighted by atomic mass is 10.0. The molecule has 5 atom stereocenters. The minimum Gasteiger partial charge on any atom is -0.480 e. The maximum absolute atomic E-state index is 12.5. The Kier molecular flexibility index (Phi) is 9.89. The van der Waals surface area contributed by atoms with Crippen LogP contribution in [-0.4, -0.2) is 75.9 Å². The van der Waals surface area contributed by atoms with E-state index >= 15 is 0 Å². The molecule has 1 aromatic carbocycles. The Morgan fingerprint density at radius 3 is 2.07 bits per heavy atom. The van der Waals surface area contributed by atoms with Gasteiger partial charge in [-0.05, 0) is 25.8 Å². The highest BCUT2D eigenvalue weighted by Gasteiger charge is 2.31. The van der Waals surface area contributed by atoms with E-state index in [0.29, 0.717) is 0 Å². The van der Waals surface area contributed by atoms with E-state index in [0.717, 1.165) is 5.56 Å². The van der Waals surface area contributed by atoms with Gasteiger partial charge in [0.15, 0.2) is 0 Å². The first-order valence-corrected chi connectivity index (χ1v) is 9.29. The minimum absolute atomic E-state index is 0.204. The standard InChI is InChI=1S/C19H28N4O7/c1-10(19(29)30)21-17(27)14(9-24)22-18(28)15(11(2)25)23-16(26)13(20)8-12-6-4-3-5-7-12/h3-7,10-11,13-15,24-25H,8-9,20H2,1-2H3,(H,21,27)(H,22,28)(H,23,26)(H,29,30). The summed E-state index contributed by atoms with van der Waals surface area (Å²) >= 11 is 0. The van der Waals surface area contributed by atoms with Gasteiger partial charge in [0.25, 0.3) is 0 Å². The summed E-state index contributed by atoms with van der Waals surface area (Å²) in [6.07, 6.45) is -1.13. The van der Waals surface area contributed by atoms with E-state index in [1.807, 2.05) is 6.07 Å². The number of aliphatic hydroxyl groups is 2. The topological polar surface area (TPSA) is 191 Å². The highest BCUT2D eigenvalue weighted by Crippen LogP contribution is 2.03. The van der Waals surface area contributed by atoms with Crippen molar-refractivity contribution in [1.29, 1.82) is 0 Å². The van der Waals surface area contributed by atoms with Gasteiger partial charge in [0, 0.05) is 0 Å². The Morgan fingerprint density at radius 2 is 1.57 bits per heavy atom. The molecule has 0 aromatic heterocycles. The molecular weight excluding hydrogens is 396 g/mol. The van der Waals surface area contributed by atoms with Crippen molar-refractivity contribution in [2.45, 2.75) is 50.5 Å². The number of hydrogen-bond acceptors (Lipinski definition) is 7. The SMILES string of the molecule is CC(NC(=O)C(CO)NC(=O)C(NC(=O)C(N)Cc1ccccc1)C(C)O)C(=O)O. The molecule has 0 fully saturated rings. The van der Waals surface area contributed by atoms with Crippen LogP contribution in [0.4, 0.5) is 0 Å². The molecule has 8 N–H and O–H groups in total. The summed E-state index contributed by atoms with van der Waals surface area (Å²) in [5.41, 5.74) is 6.68. The van der Waals surface area contributed by atoms with Crippen LogP contribution < -0.4 is 21.7 Å². The second kappa shape index (κ2) is 11.9. The van der Waals surface area contributed by atoms with Crippen molar-refractivity contribution in [1.82, 2.24) is 16.0 Å². The number of carbonyl (C=O) groups excluding carboxylic acids is 3. The van der Waals surface area contributed by atoms with Crippen LogP contribution >= 0.6 is 0 Å². The highest BCUT2D eigenvalue weighted by molar-refractivity contribution is 5.94. The Labute approximate surface area is 173 Å². The van der Waals surface area contributed by atoms with Crippen molar-refractivity contribution in [2.24, 2.45) is 5.73 Å². The van der Waals surface area contributed by atoms with E-state index in [2.05, 4.69) is 16.0 Å². The summed E-state index contributed by atoms with van der Waals surface area (Å²) in [6.45, 7) is 1.65. The van der Waals surface area contributed by atoms with Gasteiger partial charge in [-0.1, -0.05) is 30.3 Å². The Morgan fingerprint density at radius 1 is 0.967 bits per heavy atom. The molecule has 0 radical (unpaired) electrons. The van der Waals surface area contributed by atoms with Crippen LogP contribution in [0.3, 0.4) is 0 Å². The molecule has 1 aromatic rings. The predicted octanol–water partition coefficient (Wildman–Crippen LogP) is -2.51. The van der Waals surface area contributed by atoms with Crippen LogP contribution in [0.25, 0.3) is 0 Å². The lowest BCUT2D eigenvalue weighted by Crippen LogP contribution is -2.60. The third kappa shape index (κ3) is 7.78. The average molecular weight is 424 g/mol. The van der Waals surface area contributed by atoms with Crippen LogP contribution in [0, 0.1) is 0 Å². The van der Waals surface area contributed by atoms with Gasteiger partial charge in [-0.2, -0.15) is 0 Å². The first kappa shape index (κ1) is 25.0. The van der Waals surface area contributed by atoms with E-state index in [9.17, 15) is 29.4 Å². The number of benzene rings is 1. The summed E-state index contributed by atoms with van der Waals surface area (Å²) in [4.78, 5) is 47.7. The second-order valence-corrected chi connectivity index (χ2v) is 6.84. The molecule has 3 amide bonds. The molecule has 1 rings (SSSR count). The van der Waals surface area contributed by atoms with Gasteiger partial charge in [-0.25, -0.2) is 0 Å². The van der Waals surface area contributed by atoms with Crippen molar-refractivity contribution in [3.05, 3.63) is 35.9 Å². The number of carbonyl (C=O) groups is 4. The molecule has 0 aliphatic rings. The lowest BCUT2D eigenvalue weighted by Gasteiger charge is -2.25. The number of carboxylic acid groups (broad SMARTS) is 1. The third-order valence-electron chi connectivity index (χ3n) is 4.24. The molecule has 0 heterocycles. The van der Waals surface area contributed by atoms with E-state index < -0.39 is 60.6 Å². The molecular formula is C19H28N4O7. The zero-order valence-electron chi connectivity index (χ0n) is 16.7. The number of aliphatic carboxylic acids is 1. The van der Waals surface area contributed by atoms with Gasteiger partial charge in [0.1, 0.15) is 18.1 Å². The predicted molar refractivity (Wildman–Crippen MR) is 106 cm³/mol. The quantitative estimate of drug-likeness (QED) is 0.202. The van der Waals surface area contributed by atoms with E-state index in [4.69, 9.17) is 10.8 Å². The number of aliphatic hydroxyl groups excluding tert-OH is 2. The van der Waals surface area contributed by atoms with Crippen molar-refractivity contribution in [2.75, 3.05) is 6.61 Å². The third-order valence-corrected chi connectivity index (χ3v) is 4.24. The first-order valence-electron chi connectivity index (χ1n) is 9.29. The number of amides is 3. The van der Waals surface area contributed by atoms with Crippen molar-refractivity contribution < 1.29 is 34.5 Å². The fourth-order valence-corrected chi connectivity index (χ4v) is 2.46. The summed E-state index contributed by atoms with van der Waals surface area (Å²) < 4.78 is 0. The summed E-state index contributed by atoms with van der Waals surface area (Å²) in [7, 11) is 0. The van der Waals surface area contributed by atoms with Crippen LogP contribution in [-0.2, 0) is 25.6 Å². The van der Waals surface area contributed by atoms with E-state index in [1.54, 1.807) is 24.3 Å². The maximum atomic E-state index is 12.5. The summed E-state index contributed by atoms with van der Waals surface area (Å²) in [5.74, 6) is -3.86. The summed E-state index contributed by atoms with van der Waals surface area (Å²) in [6, 6.07) is 3.81. The highest BCUT2D eigenvalue weighted by atomic mass is 16.4. The lowest BCUT2D eigenvalue weighted by molar-refractivity contribution is -0.142. The minimum atomic E-state index is -1.48. The molecule has 0 bridgehead atoms. The molecule has 0 aliphatic carbocycles. The average Bonchev–Trinajstić information content (AvgIpc) is 2.69. The number of nitrogens with two attached hydrogens (primary N) is 1. The molecule has 11 heteroatoms. The molecule has 0 aliphatic heterocycles. The smallest absolute Gasteiger partial charge is 0.325 e. The van der Waals surface area contributed by atoms with Gasteiger partial charge in [0.2, 0.25) is 17.7 Å². The first-order chi connectivity index (χ1) is 14.1. The number of rotatable bonds is 11. The van der Waals surface area contributed by atoms with Crippen LogP contribution in [0.1, 0.15) is 19.4 Å². The number of nitrogens with one attached hydrogen (secondary N) is 3. The molecule has 0 saturated carbocycles. The maximum Gasteiger partial charge on any atom is 0.325 e. The van der Waals surface area contributed by atoms with E-state index in [-0.39, 0.29) is 6.42 Å². The van der Waals surface area contributed by atoms with Gasteiger partial charge in [-0.15, -0.1) is 0 Å². The number of hydrogen-bond donors (Lipinski definition) is 7. The van der Waals surface area contributed by atoms with Crippen molar-refractivity contribution in [3.8, 4) is 0 Å². The second-order valence-electron chi connectivity index (χ2n) is 6.84. The van der Waals surface area contributed by atoms with Crippen LogP contribution in [0.5, 0.6) is 0 Å². The van der Waals surface area contributed by atoms with Crippen molar-refractivity contribution in [3.63, 3.8) is 0 Å². The molecule has 30 heavy (non-hydrogen) atoms. The van der Waals surface area contributed by atoms with Gasteiger partial charge in [-0.3, -0.25) is 19.2 Å². The Hall–Kier alpha value is -3.02. The molecule has 166 valence electrons. The zero-order chi connectivity index (χ0) is 22.8. The Bertz CT molecular complexity index is 742. The molecule has 11 nitrogen and oxygen atoms in total. The fraction of sp³-hybridized carbons (Fsp3) is 0.474. The van der Waals surface area contributed by atoms with Crippen LogP contribution in [0.15, 0.2) is 30.3 Å². The largest absolute Gasteiger partial charge is 0.480 e. The van der Waals surface area contributed by atoms with Crippen LogP contribution in [0.2, 0.25) is 0 Å². The fourth-order valence-electron chi connectivity index (χ4n) is 2.46. The normalized spacial score (nSPS) is 15.8. The number of carboxylic acids is 1. The van der Waals surface area contributed by atoms with E-state index in [1.165, 1.54) is 13.8 Å². The molecule has 0 saturated heterocycles. The summed E-state index contributed by atoms with van der Waals surface area (Å²) in [5, 5.41) is 34.7. The Balaban J connectivity index is 2.75. The van der Waals surface area contributed by atoms with Gasteiger partial charge < -0.3 is 37.0 Å². The molecule has 5 unspecified atom stereocenters.